The summed E-state index contributed by atoms with van der Waals surface area (Å²) in [5, 5.41) is 12.6. The van der Waals surface area contributed by atoms with Gasteiger partial charge < -0.3 is 8.98 Å². The Bertz CT molecular complexity index is 682. The summed E-state index contributed by atoms with van der Waals surface area (Å²) in [7, 11) is 1.94. The standard InChI is InChI=1S/C15H18N4O/c1-10(17-11(2)15-18-16-9-19(15)3)14-8-12-6-4-5-7-13(12)20-14/h4-11,17H,1-3H3. The van der Waals surface area contributed by atoms with E-state index >= 15 is 0 Å². The minimum absolute atomic E-state index is 0.103. The first kappa shape index (κ1) is 12.9. The van der Waals surface area contributed by atoms with E-state index < -0.39 is 0 Å². The second-order valence-corrected chi connectivity index (χ2v) is 5.10. The fourth-order valence-electron chi connectivity index (χ4n) is 2.43. The third-order valence-electron chi connectivity index (χ3n) is 3.51. The minimum Gasteiger partial charge on any atom is -0.459 e. The van der Waals surface area contributed by atoms with Crippen molar-refractivity contribution in [3.63, 3.8) is 0 Å². The van der Waals surface area contributed by atoms with Crippen LogP contribution in [0.4, 0.5) is 0 Å². The van der Waals surface area contributed by atoms with Crippen molar-refractivity contribution in [2.75, 3.05) is 0 Å². The van der Waals surface area contributed by atoms with E-state index in [1.165, 1.54) is 0 Å². The summed E-state index contributed by atoms with van der Waals surface area (Å²) >= 11 is 0. The van der Waals surface area contributed by atoms with E-state index in [-0.39, 0.29) is 12.1 Å². The normalized spacial score (nSPS) is 14.6. The number of fused-ring (bicyclic) bond motifs is 1. The van der Waals surface area contributed by atoms with Gasteiger partial charge in [-0.2, -0.15) is 0 Å². The Kier molecular flexibility index (Phi) is 3.28. The molecule has 3 rings (SSSR count). The van der Waals surface area contributed by atoms with Crippen LogP contribution in [0.1, 0.15) is 37.5 Å². The molecule has 0 aliphatic carbocycles. The first-order valence-corrected chi connectivity index (χ1v) is 6.73. The molecule has 5 nitrogen and oxygen atoms in total. The maximum absolute atomic E-state index is 5.87. The summed E-state index contributed by atoms with van der Waals surface area (Å²) in [5.74, 6) is 1.84. The average Bonchev–Trinajstić information content (AvgIpc) is 3.04. The molecule has 1 N–H and O–H groups in total. The minimum atomic E-state index is 0.103. The lowest BCUT2D eigenvalue weighted by atomic mass is 10.2. The number of nitrogens with one attached hydrogen (secondary N) is 1. The SMILES string of the molecule is CC(NC(C)c1nncn1C)c1cc2ccccc2o1. The van der Waals surface area contributed by atoms with Gasteiger partial charge in [-0.25, -0.2) is 0 Å². The Morgan fingerprint density at radius 2 is 2.00 bits per heavy atom. The molecular weight excluding hydrogens is 252 g/mol. The fraction of sp³-hybridized carbons (Fsp3) is 0.333. The van der Waals surface area contributed by atoms with Crippen molar-refractivity contribution in [1.82, 2.24) is 20.1 Å². The van der Waals surface area contributed by atoms with Gasteiger partial charge in [0.05, 0.1) is 12.1 Å². The van der Waals surface area contributed by atoms with Crippen molar-refractivity contribution in [3.8, 4) is 0 Å². The zero-order valence-corrected chi connectivity index (χ0v) is 11.9. The van der Waals surface area contributed by atoms with Crippen LogP contribution in [-0.4, -0.2) is 14.8 Å². The lowest BCUT2D eigenvalue weighted by Gasteiger charge is -2.17. The Hall–Kier alpha value is -2.14. The van der Waals surface area contributed by atoms with E-state index in [4.69, 9.17) is 4.42 Å². The zero-order chi connectivity index (χ0) is 14.1. The molecule has 0 aliphatic rings. The third kappa shape index (κ3) is 2.32. The second kappa shape index (κ2) is 5.09. The fourth-order valence-corrected chi connectivity index (χ4v) is 2.43. The second-order valence-electron chi connectivity index (χ2n) is 5.10. The Balaban J connectivity index is 1.79. The molecule has 0 radical (unpaired) electrons. The monoisotopic (exact) mass is 270 g/mol. The maximum atomic E-state index is 5.87. The molecule has 0 spiro atoms. The van der Waals surface area contributed by atoms with Crippen molar-refractivity contribution in [2.24, 2.45) is 7.05 Å². The predicted octanol–water partition coefficient (Wildman–Crippen LogP) is 2.97. The molecular formula is C15H18N4O. The van der Waals surface area contributed by atoms with Crippen molar-refractivity contribution < 1.29 is 4.42 Å². The maximum Gasteiger partial charge on any atom is 0.149 e. The van der Waals surface area contributed by atoms with E-state index in [1.54, 1.807) is 6.33 Å². The number of aromatic nitrogens is 3. The van der Waals surface area contributed by atoms with Crippen molar-refractivity contribution in [1.29, 1.82) is 0 Å². The van der Waals surface area contributed by atoms with Gasteiger partial charge in [-0.1, -0.05) is 18.2 Å². The quantitative estimate of drug-likeness (QED) is 0.792. The number of rotatable bonds is 4. The Morgan fingerprint density at radius 3 is 2.70 bits per heavy atom. The van der Waals surface area contributed by atoms with Crippen LogP contribution in [0.25, 0.3) is 11.0 Å². The highest BCUT2D eigenvalue weighted by Gasteiger charge is 2.17. The molecule has 104 valence electrons. The van der Waals surface area contributed by atoms with Gasteiger partial charge in [0.15, 0.2) is 0 Å². The Labute approximate surface area is 117 Å². The van der Waals surface area contributed by atoms with Crippen LogP contribution in [-0.2, 0) is 7.05 Å². The van der Waals surface area contributed by atoms with Gasteiger partial charge >= 0.3 is 0 Å². The van der Waals surface area contributed by atoms with Crippen LogP contribution in [0, 0.1) is 0 Å². The molecule has 0 saturated heterocycles. The first-order valence-electron chi connectivity index (χ1n) is 6.73. The molecule has 0 fully saturated rings. The topological polar surface area (TPSA) is 55.9 Å². The van der Waals surface area contributed by atoms with Crippen LogP contribution < -0.4 is 5.32 Å². The van der Waals surface area contributed by atoms with Crippen LogP contribution in [0.2, 0.25) is 0 Å². The van der Waals surface area contributed by atoms with Gasteiger partial charge in [0.25, 0.3) is 0 Å². The first-order chi connectivity index (χ1) is 9.65. The highest BCUT2D eigenvalue weighted by Crippen LogP contribution is 2.25. The third-order valence-corrected chi connectivity index (χ3v) is 3.51. The van der Waals surface area contributed by atoms with Gasteiger partial charge in [-0.3, -0.25) is 5.32 Å². The molecule has 2 aromatic heterocycles. The van der Waals surface area contributed by atoms with E-state index in [2.05, 4.69) is 41.5 Å². The summed E-state index contributed by atoms with van der Waals surface area (Å²) in [6.45, 7) is 4.16. The number of hydrogen-bond acceptors (Lipinski definition) is 4. The number of para-hydroxylation sites is 1. The molecule has 20 heavy (non-hydrogen) atoms. The van der Waals surface area contributed by atoms with Crippen molar-refractivity contribution in [2.45, 2.75) is 25.9 Å². The van der Waals surface area contributed by atoms with E-state index in [1.807, 2.05) is 29.8 Å². The molecule has 2 atom stereocenters. The van der Waals surface area contributed by atoms with Crippen molar-refractivity contribution in [3.05, 3.63) is 48.2 Å². The van der Waals surface area contributed by atoms with Gasteiger partial charge in [0.2, 0.25) is 0 Å². The summed E-state index contributed by atoms with van der Waals surface area (Å²) in [5.41, 5.74) is 0.919. The number of hydrogen-bond donors (Lipinski definition) is 1. The summed E-state index contributed by atoms with van der Waals surface area (Å²) in [6.07, 6.45) is 1.71. The Morgan fingerprint density at radius 1 is 1.20 bits per heavy atom. The largest absolute Gasteiger partial charge is 0.459 e. The van der Waals surface area contributed by atoms with Gasteiger partial charge in [-0.05, 0) is 26.0 Å². The highest BCUT2D eigenvalue weighted by atomic mass is 16.3. The van der Waals surface area contributed by atoms with Crippen LogP contribution in [0.5, 0.6) is 0 Å². The molecule has 0 amide bonds. The van der Waals surface area contributed by atoms with Crippen LogP contribution >= 0.6 is 0 Å². The number of benzene rings is 1. The molecule has 0 saturated carbocycles. The molecule has 3 aromatic rings. The lowest BCUT2D eigenvalue weighted by Crippen LogP contribution is -2.24. The van der Waals surface area contributed by atoms with E-state index in [0.717, 1.165) is 22.6 Å². The summed E-state index contributed by atoms with van der Waals surface area (Å²) in [4.78, 5) is 0. The van der Waals surface area contributed by atoms with Gasteiger partial charge in [-0.15, -0.1) is 10.2 Å². The highest BCUT2D eigenvalue weighted by molar-refractivity contribution is 5.77. The number of aryl methyl sites for hydroxylation is 1. The molecule has 0 bridgehead atoms. The smallest absolute Gasteiger partial charge is 0.149 e. The van der Waals surface area contributed by atoms with E-state index in [9.17, 15) is 0 Å². The molecule has 5 heteroatoms. The van der Waals surface area contributed by atoms with E-state index in [0.29, 0.717) is 0 Å². The van der Waals surface area contributed by atoms with Crippen LogP contribution in [0.15, 0.2) is 41.1 Å². The lowest BCUT2D eigenvalue weighted by molar-refractivity contribution is 0.404. The molecule has 0 aliphatic heterocycles. The summed E-state index contributed by atoms with van der Waals surface area (Å²) in [6, 6.07) is 10.3. The number of furan rings is 1. The predicted molar refractivity (Wildman–Crippen MR) is 77.2 cm³/mol. The molecule has 1 aromatic carbocycles. The number of nitrogens with zero attached hydrogens (tertiary/aromatic N) is 3. The zero-order valence-electron chi connectivity index (χ0n) is 11.9. The van der Waals surface area contributed by atoms with Gasteiger partial charge in [0, 0.05) is 12.4 Å². The van der Waals surface area contributed by atoms with Crippen LogP contribution in [0.3, 0.4) is 0 Å². The van der Waals surface area contributed by atoms with Gasteiger partial charge in [0.1, 0.15) is 23.5 Å². The van der Waals surface area contributed by atoms with Crippen molar-refractivity contribution >= 4 is 11.0 Å². The molecule has 2 unspecified atom stereocenters. The average molecular weight is 270 g/mol. The molecule has 2 heterocycles. The summed E-state index contributed by atoms with van der Waals surface area (Å²) < 4.78 is 7.79.